The lowest BCUT2D eigenvalue weighted by Crippen LogP contribution is -2.34. The van der Waals surface area contributed by atoms with Gasteiger partial charge >= 0.3 is 0 Å². The normalized spacial score (nSPS) is 16.6. The molecule has 1 amide bonds. The van der Waals surface area contributed by atoms with Gasteiger partial charge in [-0.05, 0) is 19.8 Å². The van der Waals surface area contributed by atoms with E-state index in [0.29, 0.717) is 12.6 Å². The lowest BCUT2D eigenvalue weighted by Gasteiger charge is -2.04. The summed E-state index contributed by atoms with van der Waals surface area (Å²) in [6, 6.07) is 0.547. The van der Waals surface area contributed by atoms with Gasteiger partial charge in [-0.25, -0.2) is 8.42 Å². The summed E-state index contributed by atoms with van der Waals surface area (Å²) in [6.07, 6.45) is 2.54. The monoisotopic (exact) mass is 220 g/mol. The van der Waals surface area contributed by atoms with Crippen molar-refractivity contribution in [1.29, 1.82) is 0 Å². The number of sulfonamides is 1. The predicted molar refractivity (Wildman–Crippen MR) is 53.2 cm³/mol. The quantitative estimate of drug-likeness (QED) is 0.638. The highest BCUT2D eigenvalue weighted by molar-refractivity contribution is 7.90. The van der Waals surface area contributed by atoms with Gasteiger partial charge in [0, 0.05) is 19.0 Å². The molecule has 0 aromatic carbocycles. The topological polar surface area (TPSA) is 75.3 Å². The van der Waals surface area contributed by atoms with Crippen LogP contribution >= 0.6 is 0 Å². The molecule has 1 aliphatic carbocycles. The van der Waals surface area contributed by atoms with Gasteiger partial charge in [0.1, 0.15) is 0 Å². The van der Waals surface area contributed by atoms with E-state index in [1.807, 2.05) is 4.72 Å². The van der Waals surface area contributed by atoms with Crippen LogP contribution in [-0.2, 0) is 14.8 Å². The van der Waals surface area contributed by atoms with Crippen molar-refractivity contribution in [3.63, 3.8) is 0 Å². The number of hydrogen-bond donors (Lipinski definition) is 2. The SMILES string of the molecule is CCS(=O)(=O)NC(=O)CCNC1CC1. The van der Waals surface area contributed by atoms with Crippen LogP contribution in [-0.4, -0.2) is 32.7 Å². The molecule has 0 aromatic rings. The first-order valence-corrected chi connectivity index (χ1v) is 6.45. The van der Waals surface area contributed by atoms with Crippen LogP contribution in [0.2, 0.25) is 0 Å². The maximum atomic E-state index is 11.1. The minimum Gasteiger partial charge on any atom is -0.313 e. The lowest BCUT2D eigenvalue weighted by atomic mass is 10.4. The first-order chi connectivity index (χ1) is 6.53. The van der Waals surface area contributed by atoms with Crippen molar-refractivity contribution in [3.8, 4) is 0 Å². The predicted octanol–water partition coefficient (Wildman–Crippen LogP) is -0.406. The first kappa shape index (κ1) is 11.5. The highest BCUT2D eigenvalue weighted by Crippen LogP contribution is 2.18. The smallest absolute Gasteiger partial charge is 0.234 e. The molecule has 0 heterocycles. The summed E-state index contributed by atoms with van der Waals surface area (Å²) in [6.45, 7) is 2.05. The maximum absolute atomic E-state index is 11.1. The van der Waals surface area contributed by atoms with Crippen molar-refractivity contribution >= 4 is 15.9 Å². The summed E-state index contributed by atoms with van der Waals surface area (Å²) in [5.74, 6) is -0.491. The molecule has 1 rings (SSSR count). The molecule has 1 fully saturated rings. The zero-order valence-electron chi connectivity index (χ0n) is 8.25. The summed E-state index contributed by atoms with van der Waals surface area (Å²) >= 11 is 0. The van der Waals surface area contributed by atoms with Gasteiger partial charge in [0.2, 0.25) is 15.9 Å². The van der Waals surface area contributed by atoms with Gasteiger partial charge in [0.05, 0.1) is 5.75 Å². The molecule has 0 aromatic heterocycles. The molecule has 0 bridgehead atoms. The van der Waals surface area contributed by atoms with Crippen LogP contribution in [0.25, 0.3) is 0 Å². The average molecular weight is 220 g/mol. The Bertz CT molecular complexity index is 296. The third-order valence-corrected chi connectivity index (χ3v) is 3.31. The van der Waals surface area contributed by atoms with E-state index in [1.54, 1.807) is 0 Å². The van der Waals surface area contributed by atoms with Gasteiger partial charge in [0.25, 0.3) is 0 Å². The van der Waals surface area contributed by atoms with Crippen LogP contribution < -0.4 is 10.0 Å². The largest absolute Gasteiger partial charge is 0.313 e. The second-order valence-electron chi connectivity index (χ2n) is 3.41. The summed E-state index contributed by atoms with van der Waals surface area (Å²) in [5.41, 5.74) is 0. The van der Waals surface area contributed by atoms with Gasteiger partial charge in [0.15, 0.2) is 0 Å². The highest BCUT2D eigenvalue weighted by Gasteiger charge is 2.20. The minimum atomic E-state index is -3.38. The Morgan fingerprint density at radius 3 is 2.57 bits per heavy atom. The third-order valence-electron chi connectivity index (χ3n) is 2.01. The zero-order chi connectivity index (χ0) is 10.6. The number of hydrogen-bond acceptors (Lipinski definition) is 4. The Morgan fingerprint density at radius 2 is 2.07 bits per heavy atom. The number of amides is 1. The Morgan fingerprint density at radius 1 is 1.43 bits per heavy atom. The fraction of sp³-hybridized carbons (Fsp3) is 0.875. The second-order valence-corrected chi connectivity index (χ2v) is 5.42. The van der Waals surface area contributed by atoms with Gasteiger partial charge < -0.3 is 5.32 Å². The molecule has 0 radical (unpaired) electrons. The molecule has 0 aliphatic heterocycles. The zero-order valence-corrected chi connectivity index (χ0v) is 9.06. The first-order valence-electron chi connectivity index (χ1n) is 4.80. The highest BCUT2D eigenvalue weighted by atomic mass is 32.2. The summed E-state index contributed by atoms with van der Waals surface area (Å²) < 4.78 is 23.9. The molecular formula is C8H16N2O3S. The van der Waals surface area contributed by atoms with Gasteiger partial charge in [-0.3, -0.25) is 9.52 Å². The van der Waals surface area contributed by atoms with Crippen LogP contribution in [0, 0.1) is 0 Å². The fourth-order valence-corrected chi connectivity index (χ4v) is 1.57. The lowest BCUT2D eigenvalue weighted by molar-refractivity contribution is -0.119. The van der Waals surface area contributed by atoms with Crippen LogP contribution in [0.15, 0.2) is 0 Å². The van der Waals surface area contributed by atoms with E-state index < -0.39 is 15.9 Å². The number of carbonyl (C=O) groups is 1. The third kappa shape index (κ3) is 4.57. The Kier molecular flexibility index (Phi) is 3.88. The molecule has 2 N–H and O–H groups in total. The van der Waals surface area contributed by atoms with Crippen molar-refractivity contribution in [2.75, 3.05) is 12.3 Å². The molecule has 82 valence electrons. The Hall–Kier alpha value is -0.620. The van der Waals surface area contributed by atoms with Crippen LogP contribution in [0.1, 0.15) is 26.2 Å². The molecule has 0 saturated heterocycles. The van der Waals surface area contributed by atoms with Crippen LogP contribution in [0.5, 0.6) is 0 Å². The molecule has 5 nitrogen and oxygen atoms in total. The average Bonchev–Trinajstić information content (AvgIpc) is 2.87. The van der Waals surface area contributed by atoms with Crippen molar-refractivity contribution in [1.82, 2.24) is 10.0 Å². The fourth-order valence-electron chi connectivity index (χ4n) is 0.974. The van der Waals surface area contributed by atoms with Crippen molar-refractivity contribution in [2.24, 2.45) is 0 Å². The summed E-state index contributed by atoms with van der Waals surface area (Å²) in [4.78, 5) is 11.1. The maximum Gasteiger partial charge on any atom is 0.234 e. The van der Waals surface area contributed by atoms with Gasteiger partial charge in [-0.15, -0.1) is 0 Å². The van der Waals surface area contributed by atoms with E-state index in [0.717, 1.165) is 12.8 Å². The van der Waals surface area contributed by atoms with Crippen LogP contribution in [0.4, 0.5) is 0 Å². The summed E-state index contributed by atoms with van der Waals surface area (Å²) in [7, 11) is -3.38. The Labute approximate surface area is 84.3 Å². The molecule has 6 heteroatoms. The summed E-state index contributed by atoms with van der Waals surface area (Å²) in [5, 5.41) is 3.14. The van der Waals surface area contributed by atoms with E-state index in [9.17, 15) is 13.2 Å². The molecule has 0 unspecified atom stereocenters. The van der Waals surface area contributed by atoms with Crippen molar-refractivity contribution in [2.45, 2.75) is 32.2 Å². The standard InChI is InChI=1S/C8H16N2O3S/c1-2-14(12,13)10-8(11)5-6-9-7-3-4-7/h7,9H,2-6H2,1H3,(H,10,11). The van der Waals surface area contributed by atoms with Crippen molar-refractivity contribution in [3.05, 3.63) is 0 Å². The van der Waals surface area contributed by atoms with E-state index >= 15 is 0 Å². The van der Waals surface area contributed by atoms with Crippen molar-refractivity contribution < 1.29 is 13.2 Å². The molecule has 1 saturated carbocycles. The Balaban J connectivity index is 2.14. The number of carbonyl (C=O) groups excluding carboxylic acids is 1. The van der Waals surface area contributed by atoms with Crippen LogP contribution in [0.3, 0.4) is 0 Å². The van der Waals surface area contributed by atoms with E-state index in [4.69, 9.17) is 0 Å². The number of rotatable bonds is 6. The molecule has 0 spiro atoms. The number of nitrogens with one attached hydrogen (secondary N) is 2. The second kappa shape index (κ2) is 4.75. The molecule has 1 aliphatic rings. The van der Waals surface area contributed by atoms with Gasteiger partial charge in [-0.2, -0.15) is 0 Å². The van der Waals surface area contributed by atoms with E-state index in [2.05, 4.69) is 5.32 Å². The minimum absolute atomic E-state index is 0.0607. The molecule has 14 heavy (non-hydrogen) atoms. The van der Waals surface area contributed by atoms with Gasteiger partial charge in [-0.1, -0.05) is 0 Å². The molecular weight excluding hydrogens is 204 g/mol. The van der Waals surface area contributed by atoms with E-state index in [-0.39, 0.29) is 12.2 Å². The molecule has 0 atom stereocenters. The van der Waals surface area contributed by atoms with E-state index in [1.165, 1.54) is 6.92 Å².